The normalized spacial score (nSPS) is 11.4. The van der Waals surface area contributed by atoms with Crippen molar-refractivity contribution in [3.05, 3.63) is 54.5 Å². The highest BCUT2D eigenvalue weighted by molar-refractivity contribution is 5.98. The molecule has 3 heteroatoms. The zero-order valence-corrected chi connectivity index (χ0v) is 8.46. The second-order valence-electron chi connectivity index (χ2n) is 3.10. The first-order chi connectivity index (χ1) is 7.36. The fourth-order valence-corrected chi connectivity index (χ4v) is 1.23. The molecule has 2 aromatic heterocycles. The van der Waals surface area contributed by atoms with E-state index in [0.717, 1.165) is 11.4 Å². The van der Waals surface area contributed by atoms with Crippen molar-refractivity contribution in [2.75, 3.05) is 0 Å². The summed E-state index contributed by atoms with van der Waals surface area (Å²) in [6.45, 7) is 1.93. The van der Waals surface area contributed by atoms with Crippen molar-refractivity contribution in [2.24, 2.45) is 4.99 Å². The average molecular weight is 197 g/mol. The van der Waals surface area contributed by atoms with E-state index in [2.05, 4.69) is 15.0 Å². The van der Waals surface area contributed by atoms with Gasteiger partial charge in [0, 0.05) is 12.4 Å². The third kappa shape index (κ3) is 2.47. The Labute approximate surface area is 88.6 Å². The lowest BCUT2D eigenvalue weighted by atomic mass is 10.2. The van der Waals surface area contributed by atoms with Crippen LogP contribution in [0.2, 0.25) is 0 Å². The summed E-state index contributed by atoms with van der Waals surface area (Å²) in [7, 11) is 0. The van der Waals surface area contributed by atoms with Crippen LogP contribution in [0.1, 0.15) is 12.6 Å². The van der Waals surface area contributed by atoms with Crippen LogP contribution in [-0.4, -0.2) is 15.7 Å². The Balaban J connectivity index is 2.29. The van der Waals surface area contributed by atoms with Crippen molar-refractivity contribution in [1.29, 1.82) is 0 Å². The summed E-state index contributed by atoms with van der Waals surface area (Å²) in [5.41, 5.74) is 1.75. The molecular formula is C12H11N3. The molecule has 0 aromatic carbocycles. The molecular weight excluding hydrogens is 186 g/mol. The molecule has 0 saturated heterocycles. The van der Waals surface area contributed by atoms with Gasteiger partial charge in [-0.25, -0.2) is 9.98 Å². The summed E-state index contributed by atoms with van der Waals surface area (Å²) in [5.74, 6) is 0.709. The molecule has 3 nitrogen and oxygen atoms in total. The molecule has 2 heterocycles. The number of nitrogens with zero attached hydrogens (tertiary/aromatic N) is 3. The van der Waals surface area contributed by atoms with Crippen LogP contribution in [0.25, 0.3) is 0 Å². The van der Waals surface area contributed by atoms with Gasteiger partial charge in [-0.15, -0.1) is 0 Å². The summed E-state index contributed by atoms with van der Waals surface area (Å²) in [6.07, 6.45) is 3.48. The van der Waals surface area contributed by atoms with Gasteiger partial charge in [-0.3, -0.25) is 4.98 Å². The number of aromatic nitrogens is 2. The van der Waals surface area contributed by atoms with Crippen molar-refractivity contribution in [3.8, 4) is 0 Å². The minimum absolute atomic E-state index is 0.709. The Morgan fingerprint density at radius 1 is 1.00 bits per heavy atom. The van der Waals surface area contributed by atoms with E-state index in [1.165, 1.54) is 0 Å². The highest BCUT2D eigenvalue weighted by Gasteiger charge is 1.97. The number of hydrogen-bond donors (Lipinski definition) is 0. The van der Waals surface area contributed by atoms with Crippen molar-refractivity contribution in [3.63, 3.8) is 0 Å². The number of hydrogen-bond acceptors (Lipinski definition) is 3. The van der Waals surface area contributed by atoms with E-state index in [-0.39, 0.29) is 0 Å². The quantitative estimate of drug-likeness (QED) is 0.694. The largest absolute Gasteiger partial charge is 0.255 e. The molecule has 2 aromatic rings. The third-order valence-corrected chi connectivity index (χ3v) is 1.97. The number of aliphatic imine (C=N–C) groups is 1. The van der Waals surface area contributed by atoms with Gasteiger partial charge in [0.2, 0.25) is 0 Å². The van der Waals surface area contributed by atoms with Crippen LogP contribution in [0.15, 0.2) is 53.8 Å². The van der Waals surface area contributed by atoms with Gasteiger partial charge in [0.25, 0.3) is 0 Å². The standard InChI is InChI=1S/C12H11N3/c1-10(11-6-2-4-8-13-11)15-12-7-3-5-9-14-12/h2-9H,1H3/b15-10-. The van der Waals surface area contributed by atoms with Gasteiger partial charge in [0.15, 0.2) is 5.82 Å². The van der Waals surface area contributed by atoms with Gasteiger partial charge >= 0.3 is 0 Å². The number of pyridine rings is 2. The van der Waals surface area contributed by atoms with Crippen LogP contribution in [0.4, 0.5) is 5.82 Å². The van der Waals surface area contributed by atoms with Crippen LogP contribution < -0.4 is 0 Å². The van der Waals surface area contributed by atoms with E-state index in [9.17, 15) is 0 Å². The second-order valence-corrected chi connectivity index (χ2v) is 3.10. The van der Waals surface area contributed by atoms with Gasteiger partial charge in [0.1, 0.15) is 0 Å². The fourth-order valence-electron chi connectivity index (χ4n) is 1.23. The molecule has 0 amide bonds. The predicted molar refractivity (Wildman–Crippen MR) is 60.3 cm³/mol. The predicted octanol–water partition coefficient (Wildman–Crippen LogP) is 2.62. The van der Waals surface area contributed by atoms with Gasteiger partial charge in [0.05, 0.1) is 11.4 Å². The first kappa shape index (κ1) is 9.52. The van der Waals surface area contributed by atoms with Crippen LogP contribution in [0, 0.1) is 0 Å². The summed E-state index contributed by atoms with van der Waals surface area (Å²) < 4.78 is 0. The van der Waals surface area contributed by atoms with Gasteiger partial charge < -0.3 is 0 Å². The molecule has 0 radical (unpaired) electrons. The lowest BCUT2D eigenvalue weighted by Crippen LogP contribution is -1.96. The zero-order chi connectivity index (χ0) is 10.5. The van der Waals surface area contributed by atoms with Gasteiger partial charge in [-0.1, -0.05) is 12.1 Å². The molecule has 0 atom stereocenters. The molecule has 15 heavy (non-hydrogen) atoms. The highest BCUT2D eigenvalue weighted by Crippen LogP contribution is 2.08. The Morgan fingerprint density at radius 2 is 1.73 bits per heavy atom. The molecule has 0 aliphatic heterocycles. The van der Waals surface area contributed by atoms with Crippen molar-refractivity contribution >= 4 is 11.5 Å². The Hall–Kier alpha value is -2.03. The molecule has 0 spiro atoms. The van der Waals surface area contributed by atoms with E-state index in [1.807, 2.05) is 43.3 Å². The van der Waals surface area contributed by atoms with Crippen LogP contribution >= 0.6 is 0 Å². The van der Waals surface area contributed by atoms with Gasteiger partial charge in [-0.2, -0.15) is 0 Å². The lowest BCUT2D eigenvalue weighted by molar-refractivity contribution is 1.24. The molecule has 0 N–H and O–H groups in total. The molecule has 74 valence electrons. The first-order valence-corrected chi connectivity index (χ1v) is 4.74. The smallest absolute Gasteiger partial charge is 0.152 e. The second kappa shape index (κ2) is 4.46. The van der Waals surface area contributed by atoms with Crippen LogP contribution in [0.5, 0.6) is 0 Å². The number of rotatable bonds is 2. The summed E-state index contributed by atoms with van der Waals surface area (Å²) in [4.78, 5) is 12.7. The van der Waals surface area contributed by atoms with Crippen molar-refractivity contribution < 1.29 is 0 Å². The minimum atomic E-state index is 0.709. The molecule has 2 rings (SSSR count). The molecule has 0 aliphatic carbocycles. The van der Waals surface area contributed by atoms with Crippen LogP contribution in [0.3, 0.4) is 0 Å². The van der Waals surface area contributed by atoms with Crippen LogP contribution in [-0.2, 0) is 0 Å². The summed E-state index contributed by atoms with van der Waals surface area (Å²) in [6, 6.07) is 11.4. The lowest BCUT2D eigenvalue weighted by Gasteiger charge is -1.98. The van der Waals surface area contributed by atoms with E-state index < -0.39 is 0 Å². The van der Waals surface area contributed by atoms with E-state index in [1.54, 1.807) is 12.4 Å². The fraction of sp³-hybridized carbons (Fsp3) is 0.0833. The van der Waals surface area contributed by atoms with Crippen molar-refractivity contribution in [2.45, 2.75) is 6.92 Å². The highest BCUT2D eigenvalue weighted by atomic mass is 14.9. The molecule has 0 saturated carbocycles. The maximum absolute atomic E-state index is 4.37. The molecule has 0 bridgehead atoms. The first-order valence-electron chi connectivity index (χ1n) is 4.74. The molecule has 0 unspecified atom stereocenters. The van der Waals surface area contributed by atoms with E-state index in [4.69, 9.17) is 0 Å². The summed E-state index contributed by atoms with van der Waals surface area (Å²) >= 11 is 0. The topological polar surface area (TPSA) is 38.1 Å². The van der Waals surface area contributed by atoms with Gasteiger partial charge in [-0.05, 0) is 31.2 Å². The SMILES string of the molecule is C/C(=N/c1ccccn1)c1ccccn1. The third-order valence-electron chi connectivity index (χ3n) is 1.97. The van der Waals surface area contributed by atoms with Crippen molar-refractivity contribution in [1.82, 2.24) is 9.97 Å². The summed E-state index contributed by atoms with van der Waals surface area (Å²) in [5, 5.41) is 0. The molecule has 0 aliphatic rings. The zero-order valence-electron chi connectivity index (χ0n) is 8.46. The Bertz CT molecular complexity index is 449. The Kier molecular flexibility index (Phi) is 2.83. The Morgan fingerprint density at radius 3 is 2.33 bits per heavy atom. The maximum atomic E-state index is 4.37. The molecule has 0 fully saturated rings. The average Bonchev–Trinajstić information content (AvgIpc) is 2.31. The van der Waals surface area contributed by atoms with E-state index >= 15 is 0 Å². The maximum Gasteiger partial charge on any atom is 0.152 e. The minimum Gasteiger partial charge on any atom is -0.255 e. The van der Waals surface area contributed by atoms with E-state index in [0.29, 0.717) is 5.82 Å². The monoisotopic (exact) mass is 197 g/mol.